The molecule has 0 aliphatic carbocycles. The summed E-state index contributed by atoms with van der Waals surface area (Å²) in [6.07, 6.45) is 3.04. The van der Waals surface area contributed by atoms with Gasteiger partial charge in [-0.25, -0.2) is 0 Å². The Kier molecular flexibility index (Phi) is 5.15. The quantitative estimate of drug-likeness (QED) is 0.675. The van der Waals surface area contributed by atoms with Crippen molar-refractivity contribution in [2.75, 3.05) is 27.7 Å². The summed E-state index contributed by atoms with van der Waals surface area (Å²) < 4.78 is 6.92. The molecule has 0 spiro atoms. The van der Waals surface area contributed by atoms with Crippen molar-refractivity contribution in [1.82, 2.24) is 14.7 Å². The third-order valence-corrected chi connectivity index (χ3v) is 2.51. The number of ether oxygens (including phenoxy) is 1. The van der Waals surface area contributed by atoms with Gasteiger partial charge in [-0.2, -0.15) is 5.10 Å². The molecule has 0 aliphatic rings. The predicted molar refractivity (Wildman–Crippen MR) is 66.6 cm³/mol. The Labute approximate surface area is 102 Å². The second-order valence-electron chi connectivity index (χ2n) is 4.26. The first-order valence-electron chi connectivity index (χ1n) is 5.87. The van der Waals surface area contributed by atoms with Crippen molar-refractivity contribution in [3.63, 3.8) is 0 Å². The summed E-state index contributed by atoms with van der Waals surface area (Å²) in [4.78, 5) is 14.1. The highest BCUT2D eigenvalue weighted by molar-refractivity contribution is 5.97. The standard InChI is InChI=1S/C12H21N3O2/c1-5-7-15-12(11(17-4)9-13-15)10(16)6-8-14(2)3/h9H,5-8H2,1-4H3. The zero-order valence-corrected chi connectivity index (χ0v) is 11.1. The number of rotatable bonds is 7. The maximum Gasteiger partial charge on any atom is 0.185 e. The van der Waals surface area contributed by atoms with Gasteiger partial charge in [-0.3, -0.25) is 9.48 Å². The van der Waals surface area contributed by atoms with Gasteiger partial charge in [0.1, 0.15) is 5.69 Å². The van der Waals surface area contributed by atoms with Gasteiger partial charge in [0.15, 0.2) is 11.5 Å². The highest BCUT2D eigenvalue weighted by atomic mass is 16.5. The van der Waals surface area contributed by atoms with Crippen LogP contribution in [0.15, 0.2) is 6.20 Å². The van der Waals surface area contributed by atoms with E-state index < -0.39 is 0 Å². The lowest BCUT2D eigenvalue weighted by Gasteiger charge is -2.10. The predicted octanol–water partition coefficient (Wildman–Crippen LogP) is 1.44. The maximum absolute atomic E-state index is 12.1. The van der Waals surface area contributed by atoms with Crippen LogP contribution in [0.2, 0.25) is 0 Å². The molecular weight excluding hydrogens is 218 g/mol. The van der Waals surface area contributed by atoms with E-state index in [1.165, 1.54) is 0 Å². The van der Waals surface area contributed by atoms with Crippen LogP contribution in [0.1, 0.15) is 30.3 Å². The minimum absolute atomic E-state index is 0.0847. The fourth-order valence-electron chi connectivity index (χ4n) is 1.62. The Bertz CT molecular complexity index is 372. The molecule has 0 aliphatic heterocycles. The van der Waals surface area contributed by atoms with Crippen LogP contribution in [0.25, 0.3) is 0 Å². The number of ketones is 1. The summed E-state index contributed by atoms with van der Waals surface area (Å²) in [5.74, 6) is 0.656. The molecule has 0 saturated heterocycles. The molecule has 0 fully saturated rings. The van der Waals surface area contributed by atoms with E-state index in [1.54, 1.807) is 18.0 Å². The van der Waals surface area contributed by atoms with E-state index in [0.29, 0.717) is 17.9 Å². The molecule has 1 aromatic rings. The molecular formula is C12H21N3O2. The largest absolute Gasteiger partial charge is 0.493 e. The molecule has 17 heavy (non-hydrogen) atoms. The lowest BCUT2D eigenvalue weighted by atomic mass is 10.2. The van der Waals surface area contributed by atoms with Gasteiger partial charge < -0.3 is 9.64 Å². The van der Waals surface area contributed by atoms with Crippen LogP contribution in [0, 0.1) is 0 Å². The van der Waals surface area contributed by atoms with Crippen LogP contribution in [0.3, 0.4) is 0 Å². The Morgan fingerprint density at radius 3 is 2.76 bits per heavy atom. The number of carbonyl (C=O) groups excluding carboxylic acids is 1. The first kappa shape index (κ1) is 13.7. The molecule has 1 heterocycles. The molecule has 0 atom stereocenters. The SMILES string of the molecule is CCCn1ncc(OC)c1C(=O)CCN(C)C. The van der Waals surface area contributed by atoms with Gasteiger partial charge in [-0.1, -0.05) is 6.92 Å². The summed E-state index contributed by atoms with van der Waals surface area (Å²) in [6.45, 7) is 3.54. The zero-order chi connectivity index (χ0) is 12.8. The number of carbonyl (C=O) groups is 1. The Morgan fingerprint density at radius 1 is 1.53 bits per heavy atom. The van der Waals surface area contributed by atoms with E-state index in [1.807, 2.05) is 19.0 Å². The van der Waals surface area contributed by atoms with Crippen molar-refractivity contribution in [1.29, 1.82) is 0 Å². The van der Waals surface area contributed by atoms with E-state index in [4.69, 9.17) is 4.74 Å². The lowest BCUT2D eigenvalue weighted by Crippen LogP contribution is -2.19. The van der Waals surface area contributed by atoms with E-state index in [-0.39, 0.29) is 5.78 Å². The highest BCUT2D eigenvalue weighted by Crippen LogP contribution is 2.19. The molecule has 96 valence electrons. The first-order chi connectivity index (χ1) is 8.10. The Balaban J connectivity index is 2.85. The van der Waals surface area contributed by atoms with E-state index >= 15 is 0 Å². The second kappa shape index (κ2) is 6.39. The van der Waals surface area contributed by atoms with Gasteiger partial charge in [0.05, 0.1) is 13.3 Å². The fraction of sp³-hybridized carbons (Fsp3) is 0.667. The van der Waals surface area contributed by atoms with Crippen molar-refractivity contribution in [3.8, 4) is 5.75 Å². The second-order valence-corrected chi connectivity index (χ2v) is 4.26. The van der Waals surface area contributed by atoms with Crippen molar-refractivity contribution in [2.24, 2.45) is 0 Å². The molecule has 0 radical (unpaired) electrons. The van der Waals surface area contributed by atoms with E-state index in [9.17, 15) is 4.79 Å². The molecule has 5 heteroatoms. The molecule has 0 bridgehead atoms. The number of methoxy groups -OCH3 is 1. The summed E-state index contributed by atoms with van der Waals surface area (Å²) in [5.41, 5.74) is 0.594. The van der Waals surface area contributed by atoms with Gasteiger partial charge >= 0.3 is 0 Å². The van der Waals surface area contributed by atoms with Crippen molar-refractivity contribution < 1.29 is 9.53 Å². The third kappa shape index (κ3) is 3.56. The minimum atomic E-state index is 0.0847. The van der Waals surface area contributed by atoms with Gasteiger partial charge in [0.25, 0.3) is 0 Å². The molecule has 0 N–H and O–H groups in total. The van der Waals surface area contributed by atoms with Crippen molar-refractivity contribution in [3.05, 3.63) is 11.9 Å². The zero-order valence-electron chi connectivity index (χ0n) is 11.1. The van der Waals surface area contributed by atoms with Gasteiger partial charge in [-0.05, 0) is 20.5 Å². The number of aryl methyl sites for hydroxylation is 1. The van der Waals surface area contributed by atoms with Crippen LogP contribution < -0.4 is 4.74 Å². The molecule has 0 saturated carbocycles. The topological polar surface area (TPSA) is 47.4 Å². The average molecular weight is 239 g/mol. The minimum Gasteiger partial charge on any atom is -0.493 e. The van der Waals surface area contributed by atoms with Crippen LogP contribution in [-0.2, 0) is 6.54 Å². The highest BCUT2D eigenvalue weighted by Gasteiger charge is 2.18. The molecule has 1 rings (SSSR count). The third-order valence-electron chi connectivity index (χ3n) is 2.51. The summed E-state index contributed by atoms with van der Waals surface area (Å²) in [5, 5.41) is 4.18. The average Bonchev–Trinajstić information content (AvgIpc) is 2.69. The number of nitrogens with zero attached hydrogens (tertiary/aromatic N) is 3. The molecule has 0 amide bonds. The number of hydrogen-bond acceptors (Lipinski definition) is 4. The van der Waals surface area contributed by atoms with Crippen LogP contribution in [-0.4, -0.2) is 48.2 Å². The van der Waals surface area contributed by atoms with Gasteiger partial charge in [-0.15, -0.1) is 0 Å². The fourth-order valence-corrected chi connectivity index (χ4v) is 1.62. The smallest absolute Gasteiger partial charge is 0.185 e. The summed E-state index contributed by atoms with van der Waals surface area (Å²) >= 11 is 0. The lowest BCUT2D eigenvalue weighted by molar-refractivity contribution is 0.0958. The van der Waals surface area contributed by atoms with Gasteiger partial charge in [0.2, 0.25) is 0 Å². The first-order valence-corrected chi connectivity index (χ1v) is 5.87. The molecule has 0 unspecified atom stereocenters. The van der Waals surface area contributed by atoms with Crippen molar-refractivity contribution in [2.45, 2.75) is 26.3 Å². The molecule has 5 nitrogen and oxygen atoms in total. The molecule has 0 aromatic carbocycles. The number of aromatic nitrogens is 2. The normalized spacial score (nSPS) is 10.9. The summed E-state index contributed by atoms with van der Waals surface area (Å²) in [6, 6.07) is 0. The van der Waals surface area contributed by atoms with Crippen molar-refractivity contribution >= 4 is 5.78 Å². The Morgan fingerprint density at radius 2 is 2.24 bits per heavy atom. The Hall–Kier alpha value is -1.36. The maximum atomic E-state index is 12.1. The van der Waals surface area contributed by atoms with E-state index in [0.717, 1.165) is 19.5 Å². The van der Waals surface area contributed by atoms with Crippen LogP contribution >= 0.6 is 0 Å². The monoisotopic (exact) mass is 239 g/mol. The van der Waals surface area contributed by atoms with Crippen LogP contribution in [0.4, 0.5) is 0 Å². The molecule has 1 aromatic heterocycles. The number of Topliss-reactive ketones (excluding diaryl/α,β-unsaturated/α-hetero) is 1. The van der Waals surface area contributed by atoms with Crippen LogP contribution in [0.5, 0.6) is 5.75 Å². The summed E-state index contributed by atoms with van der Waals surface area (Å²) in [7, 11) is 5.47. The van der Waals surface area contributed by atoms with Gasteiger partial charge in [0, 0.05) is 19.5 Å². The van der Waals surface area contributed by atoms with E-state index in [2.05, 4.69) is 12.0 Å². The number of hydrogen-bond donors (Lipinski definition) is 0.